The predicted octanol–water partition coefficient (Wildman–Crippen LogP) is 2.97. The molecule has 0 aliphatic rings. The normalized spacial score (nSPS) is 12.5. The van der Waals surface area contributed by atoms with Gasteiger partial charge in [0.25, 0.3) is 0 Å². The number of carbonyl (C=O) groups excluding carboxylic acids is 1. The van der Waals surface area contributed by atoms with Crippen LogP contribution in [0.5, 0.6) is 0 Å². The van der Waals surface area contributed by atoms with Crippen LogP contribution >= 0.6 is 24.0 Å². The lowest BCUT2D eigenvalue weighted by Gasteiger charge is -2.26. The molecule has 102 valence electrons. The summed E-state index contributed by atoms with van der Waals surface area (Å²) < 4.78 is 5.34. The molecule has 0 saturated carbocycles. The first-order valence-corrected chi connectivity index (χ1v) is 5.91. The van der Waals surface area contributed by atoms with Gasteiger partial charge in [0.2, 0.25) is 0 Å². The van der Waals surface area contributed by atoms with Gasteiger partial charge in [-0.1, -0.05) is 23.7 Å². The fourth-order valence-electron chi connectivity index (χ4n) is 1.54. The van der Waals surface area contributed by atoms with E-state index in [0.717, 1.165) is 5.56 Å². The quantitative estimate of drug-likeness (QED) is 0.868. The molecule has 1 rings (SSSR count). The van der Waals surface area contributed by atoms with Gasteiger partial charge in [-0.2, -0.15) is 0 Å². The van der Waals surface area contributed by atoms with Gasteiger partial charge in [-0.25, -0.2) is 0 Å². The Hall–Kier alpha value is -0.770. The average Bonchev–Trinajstić information content (AvgIpc) is 2.15. The minimum atomic E-state index is -0.603. The summed E-state index contributed by atoms with van der Waals surface area (Å²) >= 11 is 5.90. The molecule has 1 atom stereocenters. The second kappa shape index (κ2) is 6.98. The number of halogens is 2. The van der Waals surface area contributed by atoms with Gasteiger partial charge in [-0.05, 0) is 38.5 Å². The van der Waals surface area contributed by atoms with Crippen molar-refractivity contribution in [3.63, 3.8) is 0 Å². The maximum absolute atomic E-state index is 11.4. The van der Waals surface area contributed by atoms with Crippen LogP contribution < -0.4 is 5.73 Å². The minimum absolute atomic E-state index is 0. The van der Waals surface area contributed by atoms with Gasteiger partial charge < -0.3 is 10.5 Å². The Morgan fingerprint density at radius 3 is 2.61 bits per heavy atom. The summed E-state index contributed by atoms with van der Waals surface area (Å²) in [6.07, 6.45) is 0.603. The molecule has 0 spiro atoms. The highest BCUT2D eigenvalue weighted by Crippen LogP contribution is 2.20. The van der Waals surface area contributed by atoms with Crippen LogP contribution in [0.25, 0.3) is 0 Å². The predicted molar refractivity (Wildman–Crippen MR) is 76.2 cm³/mol. The fraction of sp³-hybridized carbons (Fsp3) is 0.462. The Morgan fingerprint density at radius 2 is 2.11 bits per heavy atom. The van der Waals surface area contributed by atoms with Gasteiger partial charge in [0.05, 0.1) is 0 Å². The highest BCUT2D eigenvalue weighted by atomic mass is 35.5. The molecule has 0 radical (unpaired) electrons. The molecule has 0 bridgehead atoms. The van der Waals surface area contributed by atoms with E-state index in [1.165, 1.54) is 0 Å². The zero-order chi connectivity index (χ0) is 13.1. The summed E-state index contributed by atoms with van der Waals surface area (Å²) in [6, 6.07) is 6.90. The molecule has 18 heavy (non-hydrogen) atoms. The molecule has 0 aliphatic heterocycles. The molecule has 0 amide bonds. The van der Waals surface area contributed by atoms with Crippen LogP contribution in [0.2, 0.25) is 5.02 Å². The summed E-state index contributed by atoms with van der Waals surface area (Å²) in [4.78, 5) is 11.4. The van der Waals surface area contributed by atoms with Crippen molar-refractivity contribution >= 4 is 30.0 Å². The number of hydrogen-bond donors (Lipinski definition) is 1. The smallest absolute Gasteiger partial charge is 0.323 e. The van der Waals surface area contributed by atoms with E-state index in [-0.39, 0.29) is 12.4 Å². The van der Waals surface area contributed by atoms with Gasteiger partial charge in [-0.15, -0.1) is 12.4 Å². The van der Waals surface area contributed by atoms with E-state index >= 15 is 0 Å². The Morgan fingerprint density at radius 1 is 1.50 bits per heavy atom. The van der Waals surface area contributed by atoms with Crippen molar-refractivity contribution in [2.75, 3.05) is 0 Å². The Balaban J connectivity index is 0.00000289. The summed E-state index contributed by atoms with van der Waals surface area (Å²) in [5.41, 5.74) is 5.90. The van der Waals surface area contributed by atoms with Crippen molar-refractivity contribution < 1.29 is 9.53 Å². The van der Waals surface area contributed by atoms with E-state index in [9.17, 15) is 4.79 Å². The van der Waals surface area contributed by atoms with Crippen molar-refractivity contribution in [2.24, 2.45) is 5.73 Å². The Kier molecular flexibility index (Phi) is 6.68. The van der Waals surface area contributed by atoms with Crippen LogP contribution in [-0.4, -0.2) is 17.6 Å². The van der Waals surface area contributed by atoms with Crippen LogP contribution in [0.3, 0.4) is 0 Å². The average molecular weight is 292 g/mol. The molecule has 0 aliphatic carbocycles. The van der Waals surface area contributed by atoms with E-state index in [4.69, 9.17) is 22.1 Å². The van der Waals surface area contributed by atoms with Crippen molar-refractivity contribution in [3.05, 3.63) is 34.9 Å². The second-order valence-electron chi connectivity index (χ2n) is 4.78. The van der Waals surface area contributed by atoms with E-state index in [0.29, 0.717) is 11.4 Å². The number of benzene rings is 1. The van der Waals surface area contributed by atoms with Crippen LogP contribution in [0.15, 0.2) is 24.3 Å². The maximum Gasteiger partial charge on any atom is 0.323 e. The molecule has 1 unspecified atom stereocenters. The number of rotatable bonds is 4. The van der Waals surface area contributed by atoms with Gasteiger partial charge in [0.1, 0.15) is 11.6 Å². The third-order valence-corrected chi connectivity index (χ3v) is 2.50. The van der Waals surface area contributed by atoms with Crippen molar-refractivity contribution in [1.29, 1.82) is 0 Å². The Bertz CT molecular complexity index is 406. The highest BCUT2D eigenvalue weighted by molar-refractivity contribution is 6.30. The van der Waals surface area contributed by atoms with Gasteiger partial charge in [0.15, 0.2) is 0 Å². The fourth-order valence-corrected chi connectivity index (χ4v) is 1.75. The number of hydrogen-bond acceptors (Lipinski definition) is 3. The third kappa shape index (κ3) is 5.71. The van der Waals surface area contributed by atoms with Gasteiger partial charge in [0, 0.05) is 11.4 Å². The molecular weight excluding hydrogens is 273 g/mol. The zero-order valence-corrected chi connectivity index (χ0v) is 12.3. The largest absolute Gasteiger partial charge is 0.458 e. The summed E-state index contributed by atoms with van der Waals surface area (Å²) in [6.45, 7) is 5.32. The zero-order valence-electron chi connectivity index (χ0n) is 10.8. The number of carbonyl (C=O) groups is 1. The van der Waals surface area contributed by atoms with Crippen LogP contribution in [0.4, 0.5) is 0 Å². The number of ether oxygens (including phenoxy) is 1. The van der Waals surface area contributed by atoms with Crippen molar-refractivity contribution in [2.45, 2.75) is 38.8 Å². The molecule has 0 aromatic heterocycles. The molecule has 0 fully saturated rings. The Labute approximate surface area is 119 Å². The first-order chi connectivity index (χ1) is 7.80. The molecule has 1 aromatic rings. The van der Waals surface area contributed by atoms with Gasteiger partial charge in [-0.3, -0.25) is 4.79 Å². The number of esters is 1. The monoisotopic (exact) mass is 291 g/mol. The van der Waals surface area contributed by atoms with E-state index in [2.05, 4.69) is 0 Å². The summed E-state index contributed by atoms with van der Waals surface area (Å²) in [5.74, 6) is -0.392. The van der Waals surface area contributed by atoms with Crippen molar-refractivity contribution in [1.82, 2.24) is 0 Å². The van der Waals surface area contributed by atoms with E-state index < -0.39 is 17.6 Å². The van der Waals surface area contributed by atoms with Gasteiger partial charge >= 0.3 is 5.97 Å². The SMILES string of the molecule is CC(N)C(=O)OC(C)(C)Cc1cccc(Cl)c1.Cl. The molecular formula is C13H19Cl2NO2. The standard InChI is InChI=1S/C13H18ClNO2.ClH/c1-9(15)12(16)17-13(2,3)8-10-5-4-6-11(14)7-10;/h4-7,9H,8,15H2,1-3H3;1H. The summed E-state index contributed by atoms with van der Waals surface area (Å²) in [7, 11) is 0. The van der Waals surface area contributed by atoms with Crippen LogP contribution in [0.1, 0.15) is 26.3 Å². The summed E-state index contributed by atoms with van der Waals surface area (Å²) in [5, 5.41) is 0.678. The molecule has 3 nitrogen and oxygen atoms in total. The molecule has 0 saturated heterocycles. The first kappa shape index (κ1) is 17.2. The lowest BCUT2D eigenvalue weighted by Crippen LogP contribution is -2.38. The lowest BCUT2D eigenvalue weighted by atomic mass is 9.98. The molecule has 2 N–H and O–H groups in total. The lowest BCUT2D eigenvalue weighted by molar-refractivity contribution is -0.157. The van der Waals surface area contributed by atoms with Crippen LogP contribution in [-0.2, 0) is 16.0 Å². The van der Waals surface area contributed by atoms with E-state index in [1.54, 1.807) is 6.92 Å². The third-order valence-electron chi connectivity index (χ3n) is 2.27. The second-order valence-corrected chi connectivity index (χ2v) is 5.21. The topological polar surface area (TPSA) is 52.3 Å². The first-order valence-electron chi connectivity index (χ1n) is 5.53. The maximum atomic E-state index is 11.4. The minimum Gasteiger partial charge on any atom is -0.458 e. The van der Waals surface area contributed by atoms with E-state index in [1.807, 2.05) is 38.1 Å². The molecule has 1 aromatic carbocycles. The van der Waals surface area contributed by atoms with Crippen molar-refractivity contribution in [3.8, 4) is 0 Å². The van der Waals surface area contributed by atoms with Crippen LogP contribution in [0, 0.1) is 0 Å². The highest BCUT2D eigenvalue weighted by Gasteiger charge is 2.25. The molecule has 5 heteroatoms. The molecule has 0 heterocycles. The number of nitrogens with two attached hydrogens (primary N) is 1.